The topological polar surface area (TPSA) is 3.24 Å². The molecule has 0 aliphatic carbocycles. The van der Waals surface area contributed by atoms with Crippen LogP contribution in [0.5, 0.6) is 0 Å². The molecule has 2 aliphatic heterocycles. The summed E-state index contributed by atoms with van der Waals surface area (Å²) in [5.41, 5.74) is 5.83. The van der Waals surface area contributed by atoms with E-state index in [0.717, 1.165) is 24.4 Å². The Bertz CT molecular complexity index is 635. The van der Waals surface area contributed by atoms with Gasteiger partial charge in [-0.3, -0.25) is 0 Å². The molecule has 0 radical (unpaired) electrons. The van der Waals surface area contributed by atoms with Crippen LogP contribution in [0.3, 0.4) is 0 Å². The van der Waals surface area contributed by atoms with E-state index in [1.807, 2.05) is 6.07 Å². The second-order valence-electron chi connectivity index (χ2n) is 5.47. The van der Waals surface area contributed by atoms with Gasteiger partial charge in [-0.2, -0.15) is 0 Å². The molecule has 1 nitrogen and oxygen atoms in total. The Labute approximate surface area is 118 Å². The number of fused-ring (bicyclic) bond motifs is 5. The lowest BCUT2D eigenvalue weighted by Crippen LogP contribution is -2.38. The zero-order valence-corrected chi connectivity index (χ0v) is 11.5. The lowest BCUT2D eigenvalue weighted by Gasteiger charge is -2.43. The summed E-state index contributed by atoms with van der Waals surface area (Å²) >= 11 is 6.18. The van der Waals surface area contributed by atoms with Gasteiger partial charge in [0.15, 0.2) is 0 Å². The van der Waals surface area contributed by atoms with E-state index in [-0.39, 0.29) is 0 Å². The molecule has 0 amide bonds. The highest BCUT2D eigenvalue weighted by Crippen LogP contribution is 2.42. The normalized spacial score (nSPS) is 20.5. The van der Waals surface area contributed by atoms with E-state index in [2.05, 4.69) is 41.3 Å². The smallest absolute Gasteiger partial charge is 0.0548 e. The van der Waals surface area contributed by atoms with Crippen LogP contribution >= 0.6 is 11.6 Å². The molecule has 2 heteroatoms. The molecule has 4 rings (SSSR count). The van der Waals surface area contributed by atoms with Gasteiger partial charge in [0.05, 0.1) is 6.04 Å². The number of halogens is 1. The Morgan fingerprint density at radius 1 is 1.00 bits per heavy atom. The summed E-state index contributed by atoms with van der Waals surface area (Å²) in [6.45, 7) is 1.11. The molecule has 96 valence electrons. The van der Waals surface area contributed by atoms with Crippen LogP contribution in [0.4, 0.5) is 5.69 Å². The van der Waals surface area contributed by atoms with E-state index in [0.29, 0.717) is 6.04 Å². The van der Waals surface area contributed by atoms with Crippen LogP contribution in [0.25, 0.3) is 0 Å². The van der Waals surface area contributed by atoms with Crippen LogP contribution in [0, 0.1) is 0 Å². The van der Waals surface area contributed by atoms with Crippen molar-refractivity contribution in [2.24, 2.45) is 0 Å². The minimum atomic E-state index is 0.538. The van der Waals surface area contributed by atoms with Crippen LogP contribution in [0.15, 0.2) is 42.5 Å². The molecular formula is C17H16ClN. The predicted molar refractivity (Wildman–Crippen MR) is 80.0 cm³/mol. The van der Waals surface area contributed by atoms with Crippen LogP contribution in [-0.4, -0.2) is 6.54 Å². The number of anilines is 1. The molecule has 1 atom stereocenters. The van der Waals surface area contributed by atoms with E-state index in [4.69, 9.17) is 11.6 Å². The standard InChI is InChI=1S/C17H16ClN/c18-14-7-5-13-6-8-16-15-4-2-1-3-12(15)9-10-19(16)17(13)11-14/h1-5,7,11,16H,6,8-10H2. The average molecular weight is 270 g/mol. The Kier molecular flexibility index (Phi) is 2.56. The molecule has 0 aromatic heterocycles. The van der Waals surface area contributed by atoms with Gasteiger partial charge in [-0.05, 0) is 48.1 Å². The number of nitrogens with zero attached hydrogens (tertiary/aromatic N) is 1. The van der Waals surface area contributed by atoms with E-state index >= 15 is 0 Å². The maximum Gasteiger partial charge on any atom is 0.0548 e. The Morgan fingerprint density at radius 3 is 2.84 bits per heavy atom. The second kappa shape index (κ2) is 4.28. The first-order valence-corrected chi connectivity index (χ1v) is 7.33. The van der Waals surface area contributed by atoms with Crippen molar-refractivity contribution in [2.75, 3.05) is 11.4 Å². The molecule has 2 heterocycles. The van der Waals surface area contributed by atoms with Gasteiger partial charge in [-0.25, -0.2) is 0 Å². The monoisotopic (exact) mass is 269 g/mol. The number of rotatable bonds is 0. The van der Waals surface area contributed by atoms with Crippen molar-refractivity contribution in [3.8, 4) is 0 Å². The summed E-state index contributed by atoms with van der Waals surface area (Å²) in [4.78, 5) is 2.55. The third-order valence-corrected chi connectivity index (χ3v) is 4.69. The Balaban J connectivity index is 1.83. The molecule has 1 unspecified atom stereocenters. The first-order chi connectivity index (χ1) is 9.33. The van der Waals surface area contributed by atoms with Crippen LogP contribution in [0.2, 0.25) is 5.02 Å². The van der Waals surface area contributed by atoms with Gasteiger partial charge >= 0.3 is 0 Å². The fraction of sp³-hybridized carbons (Fsp3) is 0.294. The van der Waals surface area contributed by atoms with Crippen LogP contribution in [0.1, 0.15) is 29.2 Å². The highest BCUT2D eigenvalue weighted by molar-refractivity contribution is 6.30. The van der Waals surface area contributed by atoms with Gasteiger partial charge in [0, 0.05) is 17.3 Å². The molecule has 19 heavy (non-hydrogen) atoms. The quantitative estimate of drug-likeness (QED) is 0.686. The predicted octanol–water partition coefficient (Wildman–Crippen LogP) is 4.39. The number of benzene rings is 2. The second-order valence-corrected chi connectivity index (χ2v) is 5.91. The molecule has 2 aromatic rings. The van der Waals surface area contributed by atoms with Crippen LogP contribution < -0.4 is 4.90 Å². The minimum absolute atomic E-state index is 0.538. The number of hydrogen-bond acceptors (Lipinski definition) is 1. The largest absolute Gasteiger partial charge is 0.364 e. The molecule has 0 saturated heterocycles. The fourth-order valence-electron chi connectivity index (χ4n) is 3.56. The SMILES string of the molecule is Clc1ccc2c(c1)N1CCc3ccccc3C1CC2. The van der Waals surface area contributed by atoms with E-state index in [1.165, 1.54) is 28.8 Å². The molecular weight excluding hydrogens is 254 g/mol. The molecule has 0 bridgehead atoms. The van der Waals surface area contributed by atoms with Crippen molar-refractivity contribution in [3.05, 3.63) is 64.2 Å². The highest BCUT2D eigenvalue weighted by Gasteiger charge is 2.31. The average Bonchev–Trinajstić information content (AvgIpc) is 2.46. The van der Waals surface area contributed by atoms with E-state index in [1.54, 1.807) is 0 Å². The van der Waals surface area contributed by atoms with Crippen molar-refractivity contribution < 1.29 is 0 Å². The zero-order valence-electron chi connectivity index (χ0n) is 10.8. The molecule has 2 aliphatic rings. The maximum atomic E-state index is 6.18. The van der Waals surface area contributed by atoms with Crippen molar-refractivity contribution in [1.82, 2.24) is 0 Å². The summed E-state index contributed by atoms with van der Waals surface area (Å²) < 4.78 is 0. The molecule has 0 spiro atoms. The third kappa shape index (κ3) is 1.76. The molecule has 0 N–H and O–H groups in total. The van der Waals surface area contributed by atoms with Gasteiger partial charge in [-0.15, -0.1) is 0 Å². The van der Waals surface area contributed by atoms with Crippen molar-refractivity contribution in [1.29, 1.82) is 0 Å². The van der Waals surface area contributed by atoms with Crippen molar-refractivity contribution in [3.63, 3.8) is 0 Å². The highest BCUT2D eigenvalue weighted by atomic mass is 35.5. The fourth-order valence-corrected chi connectivity index (χ4v) is 3.73. The lowest BCUT2D eigenvalue weighted by atomic mass is 9.85. The van der Waals surface area contributed by atoms with Gasteiger partial charge in [0.1, 0.15) is 0 Å². The van der Waals surface area contributed by atoms with Crippen molar-refractivity contribution >= 4 is 17.3 Å². The third-order valence-electron chi connectivity index (χ3n) is 4.46. The van der Waals surface area contributed by atoms with Gasteiger partial charge in [0.2, 0.25) is 0 Å². The molecule has 0 fully saturated rings. The number of hydrogen-bond donors (Lipinski definition) is 0. The van der Waals surface area contributed by atoms with Crippen LogP contribution in [-0.2, 0) is 12.8 Å². The first kappa shape index (κ1) is 11.4. The van der Waals surface area contributed by atoms with Gasteiger partial charge in [-0.1, -0.05) is 41.9 Å². The zero-order chi connectivity index (χ0) is 12.8. The summed E-state index contributed by atoms with van der Waals surface area (Å²) in [5.74, 6) is 0. The molecule has 0 saturated carbocycles. The molecule has 2 aromatic carbocycles. The van der Waals surface area contributed by atoms with E-state index in [9.17, 15) is 0 Å². The van der Waals surface area contributed by atoms with Crippen molar-refractivity contribution in [2.45, 2.75) is 25.3 Å². The van der Waals surface area contributed by atoms with Gasteiger partial charge in [0.25, 0.3) is 0 Å². The Hall–Kier alpha value is -1.47. The minimum Gasteiger partial charge on any atom is -0.364 e. The summed E-state index contributed by atoms with van der Waals surface area (Å²) in [5, 5.41) is 0.846. The van der Waals surface area contributed by atoms with Gasteiger partial charge < -0.3 is 4.90 Å². The number of aryl methyl sites for hydroxylation is 1. The lowest BCUT2D eigenvalue weighted by molar-refractivity contribution is 0.522. The summed E-state index contributed by atoms with van der Waals surface area (Å²) in [6, 6.07) is 15.8. The van der Waals surface area contributed by atoms with E-state index < -0.39 is 0 Å². The first-order valence-electron chi connectivity index (χ1n) is 6.96. The summed E-state index contributed by atoms with van der Waals surface area (Å²) in [6.07, 6.45) is 3.51. The summed E-state index contributed by atoms with van der Waals surface area (Å²) in [7, 11) is 0. The Morgan fingerprint density at radius 2 is 1.89 bits per heavy atom. The maximum absolute atomic E-state index is 6.18.